The van der Waals surface area contributed by atoms with Crippen LogP contribution >= 0.6 is 0 Å². The van der Waals surface area contributed by atoms with Gasteiger partial charge in [-0.2, -0.15) is 5.10 Å². The number of nitrogens with zero attached hydrogens (tertiary/aromatic N) is 1. The number of hydrogen-bond acceptors (Lipinski definition) is 6. The molecule has 1 heterocycles. The molecule has 2 rings (SSSR count). The van der Waals surface area contributed by atoms with Gasteiger partial charge < -0.3 is 20.1 Å². The van der Waals surface area contributed by atoms with Gasteiger partial charge in [0.15, 0.2) is 0 Å². The molecule has 6 heteroatoms. The maximum Gasteiger partial charge on any atom is 0.309 e. The molecule has 6 nitrogen and oxygen atoms in total. The number of hydrogen-bond donors (Lipinski definition) is 1. The molecule has 0 aromatic heterocycles. The predicted octanol–water partition coefficient (Wildman–Crippen LogP) is 3.22. The van der Waals surface area contributed by atoms with Crippen LogP contribution in [0.4, 0.5) is 0 Å². The van der Waals surface area contributed by atoms with Gasteiger partial charge in [0.2, 0.25) is 0 Å². The van der Waals surface area contributed by atoms with Gasteiger partial charge in [-0.15, -0.1) is 0 Å². The van der Waals surface area contributed by atoms with E-state index in [1.807, 2.05) is 25.1 Å². The third-order valence-corrected chi connectivity index (χ3v) is 4.11. The van der Waals surface area contributed by atoms with Crippen LogP contribution in [0, 0.1) is 0 Å². The van der Waals surface area contributed by atoms with Crippen molar-refractivity contribution >= 4 is 12.2 Å². The quantitative estimate of drug-likeness (QED) is 0.231. The SMILES string of the molecule is CCOC(=O)CC1CCc2cc(OCCCCCC=NN)ccc2O1. The Hall–Kier alpha value is -2.24. The summed E-state index contributed by atoms with van der Waals surface area (Å²) in [6.45, 7) is 2.92. The molecule has 1 atom stereocenters. The lowest BCUT2D eigenvalue weighted by Crippen LogP contribution is -2.26. The molecule has 0 saturated carbocycles. The summed E-state index contributed by atoms with van der Waals surface area (Å²) in [5.41, 5.74) is 1.14. The standard InChI is InChI=1S/C19H28N2O4/c1-2-23-19(22)14-17-8-7-15-13-16(9-10-18(15)25-17)24-12-6-4-3-5-11-21-20/h9-11,13,17H,2-8,12,14,20H2,1H3. The molecule has 0 saturated heterocycles. The third kappa shape index (κ3) is 6.64. The molecule has 0 spiro atoms. The van der Waals surface area contributed by atoms with Crippen molar-refractivity contribution in [3.63, 3.8) is 0 Å². The fraction of sp³-hybridized carbons (Fsp3) is 0.579. The lowest BCUT2D eigenvalue weighted by atomic mass is 10.0. The van der Waals surface area contributed by atoms with Crippen LogP contribution in [0.3, 0.4) is 0 Å². The predicted molar refractivity (Wildman–Crippen MR) is 97.1 cm³/mol. The minimum atomic E-state index is -0.200. The van der Waals surface area contributed by atoms with Crippen molar-refractivity contribution in [2.45, 2.75) is 58.0 Å². The molecule has 25 heavy (non-hydrogen) atoms. The fourth-order valence-corrected chi connectivity index (χ4v) is 2.84. The van der Waals surface area contributed by atoms with Crippen LogP contribution in [0.2, 0.25) is 0 Å². The number of benzene rings is 1. The van der Waals surface area contributed by atoms with Crippen molar-refractivity contribution in [1.29, 1.82) is 0 Å². The summed E-state index contributed by atoms with van der Waals surface area (Å²) in [7, 11) is 0. The van der Waals surface area contributed by atoms with Crippen LogP contribution in [0.1, 0.15) is 51.0 Å². The van der Waals surface area contributed by atoms with Crippen LogP contribution in [0.5, 0.6) is 11.5 Å². The third-order valence-electron chi connectivity index (χ3n) is 4.11. The Bertz CT molecular complexity index is 575. The monoisotopic (exact) mass is 348 g/mol. The molecule has 0 radical (unpaired) electrons. The number of aryl methyl sites for hydroxylation is 1. The smallest absolute Gasteiger partial charge is 0.309 e. The first kappa shape index (κ1) is 19.1. The Balaban J connectivity index is 1.74. The lowest BCUT2D eigenvalue weighted by molar-refractivity contribution is -0.145. The van der Waals surface area contributed by atoms with E-state index in [0.29, 0.717) is 19.6 Å². The van der Waals surface area contributed by atoms with Gasteiger partial charge in [-0.05, 0) is 69.2 Å². The molecule has 1 aliphatic rings. The van der Waals surface area contributed by atoms with E-state index in [1.165, 1.54) is 0 Å². The number of rotatable bonds is 10. The van der Waals surface area contributed by atoms with E-state index in [0.717, 1.165) is 55.6 Å². The Morgan fingerprint density at radius 1 is 1.40 bits per heavy atom. The summed E-state index contributed by atoms with van der Waals surface area (Å²) in [6, 6.07) is 5.89. The first-order chi connectivity index (χ1) is 12.2. The first-order valence-electron chi connectivity index (χ1n) is 9.02. The summed E-state index contributed by atoms with van der Waals surface area (Å²) in [6.07, 6.45) is 7.73. The highest BCUT2D eigenvalue weighted by atomic mass is 16.5. The highest BCUT2D eigenvalue weighted by molar-refractivity contribution is 5.70. The van der Waals surface area contributed by atoms with Gasteiger partial charge in [0.25, 0.3) is 0 Å². The fourth-order valence-electron chi connectivity index (χ4n) is 2.84. The number of fused-ring (bicyclic) bond motifs is 1. The van der Waals surface area contributed by atoms with E-state index in [-0.39, 0.29) is 12.1 Å². The van der Waals surface area contributed by atoms with Crippen molar-refractivity contribution < 1.29 is 19.0 Å². The second kappa shape index (κ2) is 10.6. The molecule has 1 aliphatic heterocycles. The van der Waals surface area contributed by atoms with Crippen LogP contribution in [-0.2, 0) is 16.0 Å². The minimum absolute atomic E-state index is 0.102. The van der Waals surface area contributed by atoms with Crippen molar-refractivity contribution in [2.24, 2.45) is 10.9 Å². The van der Waals surface area contributed by atoms with Crippen molar-refractivity contribution in [3.8, 4) is 11.5 Å². The molecule has 0 aliphatic carbocycles. The van der Waals surface area contributed by atoms with E-state index in [4.69, 9.17) is 20.1 Å². The van der Waals surface area contributed by atoms with Gasteiger partial charge in [0, 0.05) is 6.21 Å². The second-order valence-corrected chi connectivity index (χ2v) is 6.09. The van der Waals surface area contributed by atoms with Gasteiger partial charge >= 0.3 is 5.97 Å². The number of nitrogens with two attached hydrogens (primary N) is 1. The summed E-state index contributed by atoms with van der Waals surface area (Å²) < 4.78 is 16.7. The molecular formula is C19H28N2O4. The molecular weight excluding hydrogens is 320 g/mol. The highest BCUT2D eigenvalue weighted by Gasteiger charge is 2.23. The molecule has 1 aromatic carbocycles. The highest BCUT2D eigenvalue weighted by Crippen LogP contribution is 2.32. The summed E-state index contributed by atoms with van der Waals surface area (Å²) in [5, 5.41) is 3.48. The Morgan fingerprint density at radius 2 is 2.28 bits per heavy atom. The van der Waals surface area contributed by atoms with Gasteiger partial charge in [-0.3, -0.25) is 4.79 Å². The zero-order valence-corrected chi connectivity index (χ0v) is 14.9. The number of unbranched alkanes of at least 4 members (excludes halogenated alkanes) is 3. The van der Waals surface area contributed by atoms with Crippen LogP contribution in [0.25, 0.3) is 0 Å². The number of ether oxygens (including phenoxy) is 3. The summed E-state index contributed by atoms with van der Waals surface area (Å²) in [4.78, 5) is 11.6. The van der Waals surface area contributed by atoms with Crippen molar-refractivity contribution in [1.82, 2.24) is 0 Å². The van der Waals surface area contributed by atoms with Crippen LogP contribution in [0.15, 0.2) is 23.3 Å². The second-order valence-electron chi connectivity index (χ2n) is 6.09. The molecule has 138 valence electrons. The van der Waals surface area contributed by atoms with Crippen molar-refractivity contribution in [2.75, 3.05) is 13.2 Å². The topological polar surface area (TPSA) is 83.1 Å². The maximum absolute atomic E-state index is 11.6. The first-order valence-corrected chi connectivity index (χ1v) is 9.02. The Morgan fingerprint density at radius 3 is 3.08 bits per heavy atom. The number of carbonyl (C=O) groups is 1. The van der Waals surface area contributed by atoms with Gasteiger partial charge in [0.1, 0.15) is 17.6 Å². The minimum Gasteiger partial charge on any atom is -0.494 e. The van der Waals surface area contributed by atoms with Gasteiger partial charge in [-0.25, -0.2) is 0 Å². The number of hydrazone groups is 1. The zero-order chi connectivity index (χ0) is 17.9. The van der Waals surface area contributed by atoms with E-state index in [1.54, 1.807) is 6.21 Å². The summed E-state index contributed by atoms with van der Waals surface area (Å²) in [5.74, 6) is 6.57. The molecule has 1 unspecified atom stereocenters. The zero-order valence-electron chi connectivity index (χ0n) is 14.9. The Labute approximate surface area is 149 Å². The van der Waals surface area contributed by atoms with E-state index < -0.39 is 0 Å². The maximum atomic E-state index is 11.6. The molecule has 1 aromatic rings. The van der Waals surface area contributed by atoms with E-state index in [2.05, 4.69) is 5.10 Å². The van der Waals surface area contributed by atoms with Crippen molar-refractivity contribution in [3.05, 3.63) is 23.8 Å². The van der Waals surface area contributed by atoms with E-state index in [9.17, 15) is 4.79 Å². The molecule has 0 bridgehead atoms. The largest absolute Gasteiger partial charge is 0.494 e. The van der Waals surface area contributed by atoms with Crippen LogP contribution < -0.4 is 15.3 Å². The number of carbonyl (C=O) groups excluding carboxylic acids is 1. The lowest BCUT2D eigenvalue weighted by Gasteiger charge is -2.26. The average Bonchev–Trinajstić information content (AvgIpc) is 2.61. The van der Waals surface area contributed by atoms with Gasteiger partial charge in [0.05, 0.1) is 19.6 Å². The van der Waals surface area contributed by atoms with E-state index >= 15 is 0 Å². The molecule has 0 fully saturated rings. The van der Waals surface area contributed by atoms with Crippen LogP contribution in [-0.4, -0.2) is 31.5 Å². The van der Waals surface area contributed by atoms with Gasteiger partial charge in [-0.1, -0.05) is 0 Å². The number of esters is 1. The molecule has 2 N–H and O–H groups in total. The average molecular weight is 348 g/mol. The normalized spacial score (nSPS) is 16.3. The summed E-state index contributed by atoms with van der Waals surface area (Å²) >= 11 is 0. The molecule has 0 amide bonds. The Kier molecular flexibility index (Phi) is 8.09.